The highest BCUT2D eigenvalue weighted by atomic mass is 32.2. The SMILES string of the molecule is c1cc(SCC2CSCS2)cc(SCC2CSCS2)c1. The van der Waals surface area contributed by atoms with Crippen LogP contribution in [0.25, 0.3) is 0 Å². The van der Waals surface area contributed by atoms with E-state index in [1.165, 1.54) is 43.0 Å². The topological polar surface area (TPSA) is 0 Å². The molecular formula is C14H18S6. The molecule has 2 heterocycles. The number of hydrogen-bond donors (Lipinski definition) is 0. The van der Waals surface area contributed by atoms with Gasteiger partial charge < -0.3 is 0 Å². The molecule has 2 saturated heterocycles. The second-order valence-corrected chi connectivity index (χ2v) is 12.2. The van der Waals surface area contributed by atoms with Gasteiger partial charge in [-0.1, -0.05) is 6.07 Å². The minimum atomic E-state index is 0.855. The Bertz CT molecular complexity index is 377. The highest BCUT2D eigenvalue weighted by molar-refractivity contribution is 8.20. The monoisotopic (exact) mass is 378 g/mol. The summed E-state index contributed by atoms with van der Waals surface area (Å²) in [5.74, 6) is 5.20. The Morgan fingerprint density at radius 3 is 1.90 bits per heavy atom. The van der Waals surface area contributed by atoms with Crippen LogP contribution in [0.2, 0.25) is 0 Å². The van der Waals surface area contributed by atoms with Gasteiger partial charge in [0.2, 0.25) is 0 Å². The standard InChI is InChI=1S/C14H18S6/c1-2-11(17-7-13-5-15-9-19-13)4-12(3-1)18-8-14-6-16-10-20-14/h1-4,13-14H,5-10H2. The van der Waals surface area contributed by atoms with E-state index in [1.54, 1.807) is 0 Å². The fourth-order valence-electron chi connectivity index (χ4n) is 1.97. The molecule has 0 bridgehead atoms. The molecule has 0 amide bonds. The van der Waals surface area contributed by atoms with Crippen LogP contribution in [0.1, 0.15) is 0 Å². The van der Waals surface area contributed by atoms with Gasteiger partial charge in [0.1, 0.15) is 0 Å². The van der Waals surface area contributed by atoms with Gasteiger partial charge in [-0.15, -0.1) is 70.6 Å². The molecule has 1 aromatic carbocycles. The molecule has 0 N–H and O–H groups in total. The van der Waals surface area contributed by atoms with Gasteiger partial charge >= 0.3 is 0 Å². The van der Waals surface area contributed by atoms with E-state index in [4.69, 9.17) is 0 Å². The normalized spacial score (nSPS) is 26.2. The van der Waals surface area contributed by atoms with Gasteiger partial charge in [0, 0.05) is 53.5 Å². The van der Waals surface area contributed by atoms with Crippen molar-refractivity contribution in [3.63, 3.8) is 0 Å². The molecule has 6 heteroatoms. The van der Waals surface area contributed by atoms with Crippen LogP contribution in [-0.4, -0.2) is 43.7 Å². The summed E-state index contributed by atoms with van der Waals surface area (Å²) in [6.45, 7) is 0. The highest BCUT2D eigenvalue weighted by Crippen LogP contribution is 2.36. The minimum Gasteiger partial charge on any atom is -0.150 e. The highest BCUT2D eigenvalue weighted by Gasteiger charge is 2.17. The van der Waals surface area contributed by atoms with Crippen LogP contribution in [0.3, 0.4) is 0 Å². The van der Waals surface area contributed by atoms with Crippen molar-refractivity contribution < 1.29 is 0 Å². The van der Waals surface area contributed by atoms with Crippen molar-refractivity contribution in [3.05, 3.63) is 24.3 Å². The Labute approximate surface area is 147 Å². The summed E-state index contributed by atoms with van der Waals surface area (Å²) in [4.78, 5) is 2.89. The lowest BCUT2D eigenvalue weighted by Crippen LogP contribution is -2.04. The van der Waals surface area contributed by atoms with Crippen molar-refractivity contribution in [2.24, 2.45) is 0 Å². The molecule has 0 aromatic heterocycles. The van der Waals surface area contributed by atoms with Crippen LogP contribution in [0.5, 0.6) is 0 Å². The molecule has 0 nitrogen and oxygen atoms in total. The third-order valence-corrected chi connectivity index (χ3v) is 11.5. The van der Waals surface area contributed by atoms with Gasteiger partial charge in [-0.05, 0) is 18.2 Å². The molecule has 3 rings (SSSR count). The summed E-state index contributed by atoms with van der Waals surface area (Å²) in [6.07, 6.45) is 0. The van der Waals surface area contributed by atoms with Gasteiger partial charge in [0.05, 0.1) is 0 Å². The third-order valence-electron chi connectivity index (χ3n) is 3.06. The summed E-state index contributed by atoms with van der Waals surface area (Å²) in [6, 6.07) is 9.13. The zero-order valence-corrected chi connectivity index (χ0v) is 16.1. The maximum atomic E-state index is 2.38. The van der Waals surface area contributed by atoms with E-state index in [1.807, 2.05) is 23.5 Å². The second kappa shape index (κ2) is 8.82. The largest absolute Gasteiger partial charge is 0.150 e. The lowest BCUT2D eigenvalue weighted by atomic mass is 10.4. The molecule has 110 valence electrons. The van der Waals surface area contributed by atoms with Crippen LogP contribution in [0.15, 0.2) is 34.1 Å². The molecule has 20 heavy (non-hydrogen) atoms. The van der Waals surface area contributed by atoms with E-state index >= 15 is 0 Å². The average Bonchev–Trinajstić information content (AvgIpc) is 3.17. The molecule has 1 aromatic rings. The molecule has 2 fully saturated rings. The van der Waals surface area contributed by atoms with Crippen LogP contribution in [-0.2, 0) is 0 Å². The summed E-state index contributed by atoms with van der Waals surface area (Å²) in [5, 5.41) is 4.29. The van der Waals surface area contributed by atoms with E-state index in [2.05, 4.69) is 71.3 Å². The molecular weight excluding hydrogens is 361 g/mol. The molecule has 0 aliphatic carbocycles. The van der Waals surface area contributed by atoms with E-state index in [-0.39, 0.29) is 0 Å². The average molecular weight is 379 g/mol. The lowest BCUT2D eigenvalue weighted by Gasteiger charge is -2.10. The molecule has 2 aliphatic heterocycles. The van der Waals surface area contributed by atoms with E-state index in [0.717, 1.165) is 10.5 Å². The number of hydrogen-bond acceptors (Lipinski definition) is 6. The van der Waals surface area contributed by atoms with E-state index < -0.39 is 0 Å². The summed E-state index contributed by atoms with van der Waals surface area (Å²) in [5.41, 5.74) is 0. The summed E-state index contributed by atoms with van der Waals surface area (Å²) >= 11 is 12.5. The predicted octanol–water partition coefficient (Wildman–Crippen LogP) is 5.48. The molecule has 0 saturated carbocycles. The molecule has 0 radical (unpaired) electrons. The van der Waals surface area contributed by atoms with Crippen molar-refractivity contribution in [1.29, 1.82) is 0 Å². The van der Waals surface area contributed by atoms with Crippen molar-refractivity contribution >= 4 is 70.6 Å². The fourth-order valence-corrected chi connectivity index (χ4v) is 10.5. The Hall–Kier alpha value is 1.32. The van der Waals surface area contributed by atoms with Crippen molar-refractivity contribution in [3.8, 4) is 0 Å². The smallest absolute Gasteiger partial charge is 0.0395 e. The first-order valence-electron chi connectivity index (χ1n) is 6.64. The number of thioether (sulfide) groups is 6. The first-order chi connectivity index (χ1) is 9.90. The van der Waals surface area contributed by atoms with Crippen LogP contribution in [0, 0.1) is 0 Å². The Morgan fingerprint density at radius 1 is 0.900 bits per heavy atom. The maximum Gasteiger partial charge on any atom is 0.0395 e. The quantitative estimate of drug-likeness (QED) is 0.597. The lowest BCUT2D eigenvalue weighted by molar-refractivity contribution is 1.15. The molecule has 2 atom stereocenters. The second-order valence-electron chi connectivity index (χ2n) is 4.65. The third kappa shape index (κ3) is 5.20. The van der Waals surface area contributed by atoms with Crippen LogP contribution >= 0.6 is 70.6 Å². The predicted molar refractivity (Wildman–Crippen MR) is 105 cm³/mol. The summed E-state index contributed by atoms with van der Waals surface area (Å²) < 4.78 is 0. The van der Waals surface area contributed by atoms with Gasteiger partial charge in [-0.25, -0.2) is 0 Å². The van der Waals surface area contributed by atoms with Crippen LogP contribution in [0.4, 0.5) is 0 Å². The van der Waals surface area contributed by atoms with Crippen molar-refractivity contribution in [1.82, 2.24) is 0 Å². The number of benzene rings is 1. The minimum absolute atomic E-state index is 0.855. The van der Waals surface area contributed by atoms with E-state index in [9.17, 15) is 0 Å². The zero-order valence-electron chi connectivity index (χ0n) is 11.2. The summed E-state index contributed by atoms with van der Waals surface area (Å²) in [7, 11) is 0. The zero-order chi connectivity index (χ0) is 13.6. The van der Waals surface area contributed by atoms with Gasteiger partial charge in [-0.2, -0.15) is 0 Å². The van der Waals surface area contributed by atoms with Gasteiger partial charge in [-0.3, -0.25) is 0 Å². The fraction of sp³-hybridized carbons (Fsp3) is 0.571. The van der Waals surface area contributed by atoms with Gasteiger partial charge in [0.15, 0.2) is 0 Å². The molecule has 0 spiro atoms. The Kier molecular flexibility index (Phi) is 7.14. The van der Waals surface area contributed by atoms with Crippen LogP contribution < -0.4 is 0 Å². The first-order valence-corrected chi connectivity index (χ1v) is 13.0. The Balaban J connectivity index is 1.46. The van der Waals surface area contributed by atoms with Crippen molar-refractivity contribution in [2.45, 2.75) is 20.3 Å². The maximum absolute atomic E-state index is 2.38. The van der Waals surface area contributed by atoms with Gasteiger partial charge in [0.25, 0.3) is 0 Å². The van der Waals surface area contributed by atoms with Crippen molar-refractivity contribution in [2.75, 3.05) is 33.2 Å². The molecule has 2 unspecified atom stereocenters. The molecule has 2 aliphatic rings. The Morgan fingerprint density at radius 2 is 1.45 bits per heavy atom. The van der Waals surface area contributed by atoms with E-state index in [0.29, 0.717) is 0 Å². The first kappa shape index (κ1) is 16.2. The number of rotatable bonds is 6.